The summed E-state index contributed by atoms with van der Waals surface area (Å²) < 4.78 is 36.0. The minimum Gasteiger partial charge on any atom is -0.497 e. The maximum Gasteiger partial charge on any atom is 0.241 e. The largest absolute Gasteiger partial charge is 0.497 e. The lowest BCUT2D eigenvalue weighted by Crippen LogP contribution is -2.28. The maximum atomic E-state index is 13.0. The standard InChI is InChI=1S/C26H28N4O3S2/c1-18-8-12-22(13-9-18)30-25(20(3)29-35(31,32)24-14-10-19(2)11-15-24)27-28-26(30)34-17-21-6-5-7-23(16-21)33-4/h5-16,20,29H,17H2,1-4H3. The van der Waals surface area contributed by atoms with Gasteiger partial charge in [0, 0.05) is 11.4 Å². The summed E-state index contributed by atoms with van der Waals surface area (Å²) in [4.78, 5) is 0.212. The molecule has 7 nitrogen and oxygen atoms in total. The molecule has 182 valence electrons. The summed E-state index contributed by atoms with van der Waals surface area (Å²) in [5.41, 5.74) is 4.07. The van der Waals surface area contributed by atoms with Crippen molar-refractivity contribution in [3.8, 4) is 11.4 Å². The number of nitrogens with zero attached hydrogens (tertiary/aromatic N) is 3. The molecule has 0 spiro atoms. The normalized spacial score (nSPS) is 12.5. The lowest BCUT2D eigenvalue weighted by Gasteiger charge is -2.17. The SMILES string of the molecule is COc1cccc(CSc2nnc(C(C)NS(=O)(=O)c3ccc(C)cc3)n2-c2ccc(C)cc2)c1. The summed E-state index contributed by atoms with van der Waals surface area (Å²) in [6.07, 6.45) is 0. The second-order valence-electron chi connectivity index (χ2n) is 8.31. The van der Waals surface area contributed by atoms with E-state index >= 15 is 0 Å². The van der Waals surface area contributed by atoms with E-state index < -0.39 is 16.1 Å². The molecule has 0 amide bonds. The van der Waals surface area contributed by atoms with Gasteiger partial charge in [0.25, 0.3) is 0 Å². The number of ether oxygens (including phenoxy) is 1. The Labute approximate surface area is 210 Å². The average molecular weight is 509 g/mol. The molecule has 0 radical (unpaired) electrons. The molecule has 0 aliphatic rings. The van der Waals surface area contributed by atoms with Gasteiger partial charge in [-0.1, -0.05) is 59.3 Å². The summed E-state index contributed by atoms with van der Waals surface area (Å²) >= 11 is 1.53. The summed E-state index contributed by atoms with van der Waals surface area (Å²) in [5.74, 6) is 1.96. The molecule has 0 aliphatic heterocycles. The van der Waals surface area contributed by atoms with Crippen LogP contribution in [0, 0.1) is 13.8 Å². The molecular weight excluding hydrogens is 480 g/mol. The summed E-state index contributed by atoms with van der Waals surface area (Å²) in [7, 11) is -2.09. The number of methoxy groups -OCH3 is 1. The number of hydrogen-bond acceptors (Lipinski definition) is 6. The predicted octanol–water partition coefficient (Wildman–Crippen LogP) is 5.22. The predicted molar refractivity (Wildman–Crippen MR) is 139 cm³/mol. The molecule has 1 atom stereocenters. The Morgan fingerprint density at radius 3 is 2.29 bits per heavy atom. The first-order chi connectivity index (χ1) is 16.8. The van der Waals surface area contributed by atoms with Crippen LogP contribution < -0.4 is 9.46 Å². The molecule has 4 rings (SSSR count). The Kier molecular flexibility index (Phi) is 7.59. The monoisotopic (exact) mass is 508 g/mol. The highest BCUT2D eigenvalue weighted by Gasteiger charge is 2.24. The lowest BCUT2D eigenvalue weighted by atomic mass is 10.2. The van der Waals surface area contributed by atoms with Gasteiger partial charge in [-0.15, -0.1) is 10.2 Å². The van der Waals surface area contributed by atoms with Gasteiger partial charge < -0.3 is 4.74 Å². The van der Waals surface area contributed by atoms with Crippen LogP contribution in [0.4, 0.5) is 0 Å². The van der Waals surface area contributed by atoms with E-state index in [1.54, 1.807) is 38.3 Å². The fraction of sp³-hybridized carbons (Fsp3) is 0.231. The molecule has 9 heteroatoms. The van der Waals surface area contributed by atoms with Gasteiger partial charge in [0.2, 0.25) is 10.0 Å². The van der Waals surface area contributed by atoms with Crippen LogP contribution in [0.2, 0.25) is 0 Å². The van der Waals surface area contributed by atoms with E-state index in [-0.39, 0.29) is 4.90 Å². The molecule has 1 unspecified atom stereocenters. The van der Waals surface area contributed by atoms with Crippen LogP contribution in [-0.2, 0) is 15.8 Å². The molecule has 4 aromatic rings. The lowest BCUT2D eigenvalue weighted by molar-refractivity contribution is 0.414. The quantitative estimate of drug-likeness (QED) is 0.312. The van der Waals surface area contributed by atoms with Gasteiger partial charge in [0.15, 0.2) is 11.0 Å². The van der Waals surface area contributed by atoms with Crippen molar-refractivity contribution >= 4 is 21.8 Å². The number of benzene rings is 3. The first-order valence-electron chi connectivity index (χ1n) is 11.1. The zero-order chi connectivity index (χ0) is 25.0. The fourth-order valence-electron chi connectivity index (χ4n) is 3.57. The van der Waals surface area contributed by atoms with Crippen molar-refractivity contribution in [2.45, 2.75) is 42.6 Å². The fourth-order valence-corrected chi connectivity index (χ4v) is 5.68. The number of aryl methyl sites for hydroxylation is 2. The highest BCUT2D eigenvalue weighted by molar-refractivity contribution is 7.98. The van der Waals surface area contributed by atoms with Crippen molar-refractivity contribution in [2.24, 2.45) is 0 Å². The zero-order valence-electron chi connectivity index (χ0n) is 20.1. The van der Waals surface area contributed by atoms with Gasteiger partial charge in [-0.3, -0.25) is 4.57 Å². The minimum absolute atomic E-state index is 0.212. The third-order valence-corrected chi connectivity index (χ3v) is 8.06. The molecule has 0 fully saturated rings. The van der Waals surface area contributed by atoms with Crippen LogP contribution in [0.25, 0.3) is 5.69 Å². The Hall–Kier alpha value is -3.14. The van der Waals surface area contributed by atoms with Gasteiger partial charge >= 0.3 is 0 Å². The van der Waals surface area contributed by atoms with Crippen molar-refractivity contribution in [3.05, 3.63) is 95.3 Å². The maximum absolute atomic E-state index is 13.0. The van der Waals surface area contributed by atoms with Gasteiger partial charge in [-0.2, -0.15) is 0 Å². The number of rotatable bonds is 9. The third kappa shape index (κ3) is 5.93. The molecular formula is C26H28N4O3S2. The van der Waals surface area contributed by atoms with E-state index in [9.17, 15) is 8.42 Å². The van der Waals surface area contributed by atoms with Gasteiger partial charge in [-0.05, 0) is 62.7 Å². The van der Waals surface area contributed by atoms with Crippen molar-refractivity contribution in [1.29, 1.82) is 0 Å². The van der Waals surface area contributed by atoms with E-state index in [1.807, 2.05) is 66.9 Å². The molecule has 0 bridgehead atoms. The minimum atomic E-state index is -3.74. The van der Waals surface area contributed by atoms with Crippen LogP contribution in [-0.4, -0.2) is 30.3 Å². The Balaban J connectivity index is 1.65. The highest BCUT2D eigenvalue weighted by Crippen LogP contribution is 2.29. The number of hydrogen-bond donors (Lipinski definition) is 1. The van der Waals surface area contributed by atoms with Crippen molar-refractivity contribution in [2.75, 3.05) is 7.11 Å². The molecule has 35 heavy (non-hydrogen) atoms. The summed E-state index contributed by atoms with van der Waals surface area (Å²) in [6, 6.07) is 22.0. The third-order valence-electron chi connectivity index (χ3n) is 5.50. The van der Waals surface area contributed by atoms with Crippen LogP contribution in [0.5, 0.6) is 5.75 Å². The Morgan fingerprint density at radius 1 is 0.971 bits per heavy atom. The van der Waals surface area contributed by atoms with E-state index in [1.165, 1.54) is 11.8 Å². The molecule has 1 N–H and O–H groups in total. The topological polar surface area (TPSA) is 86.1 Å². The second-order valence-corrected chi connectivity index (χ2v) is 11.0. The summed E-state index contributed by atoms with van der Waals surface area (Å²) in [5, 5.41) is 9.49. The second kappa shape index (κ2) is 10.6. The Morgan fingerprint density at radius 2 is 1.63 bits per heavy atom. The molecule has 0 saturated heterocycles. The zero-order valence-corrected chi connectivity index (χ0v) is 21.7. The number of nitrogens with one attached hydrogen (secondary N) is 1. The molecule has 0 aliphatic carbocycles. The van der Waals surface area contributed by atoms with E-state index in [0.29, 0.717) is 16.7 Å². The van der Waals surface area contributed by atoms with Crippen LogP contribution in [0.3, 0.4) is 0 Å². The van der Waals surface area contributed by atoms with Crippen LogP contribution in [0.1, 0.15) is 35.5 Å². The van der Waals surface area contributed by atoms with Crippen molar-refractivity contribution in [3.63, 3.8) is 0 Å². The number of thioether (sulfide) groups is 1. The molecule has 1 heterocycles. The molecule has 1 aromatic heterocycles. The first kappa shape index (κ1) is 25.0. The van der Waals surface area contributed by atoms with Crippen molar-refractivity contribution < 1.29 is 13.2 Å². The van der Waals surface area contributed by atoms with Crippen molar-refractivity contribution in [1.82, 2.24) is 19.5 Å². The first-order valence-corrected chi connectivity index (χ1v) is 13.6. The van der Waals surface area contributed by atoms with Gasteiger partial charge in [0.1, 0.15) is 5.75 Å². The van der Waals surface area contributed by atoms with E-state index in [4.69, 9.17) is 4.74 Å². The Bertz CT molecular complexity index is 1400. The van der Waals surface area contributed by atoms with Gasteiger partial charge in [0.05, 0.1) is 18.0 Å². The van der Waals surface area contributed by atoms with Crippen LogP contribution in [0.15, 0.2) is 82.8 Å². The smallest absolute Gasteiger partial charge is 0.241 e. The highest BCUT2D eigenvalue weighted by atomic mass is 32.2. The van der Waals surface area contributed by atoms with E-state index in [2.05, 4.69) is 14.9 Å². The van der Waals surface area contributed by atoms with Gasteiger partial charge in [-0.25, -0.2) is 13.1 Å². The van der Waals surface area contributed by atoms with Crippen LogP contribution >= 0.6 is 11.8 Å². The molecule has 0 saturated carbocycles. The van der Waals surface area contributed by atoms with E-state index in [0.717, 1.165) is 28.1 Å². The summed E-state index contributed by atoms with van der Waals surface area (Å²) in [6.45, 7) is 5.71. The number of aromatic nitrogens is 3. The number of sulfonamides is 1. The average Bonchev–Trinajstić information content (AvgIpc) is 3.27. The molecule has 3 aromatic carbocycles.